The van der Waals surface area contributed by atoms with Crippen LogP contribution in [0, 0.1) is 23.7 Å². The number of carboxylic acids is 2. The lowest BCUT2D eigenvalue weighted by Gasteiger charge is -2.15. The molecule has 0 unspecified atom stereocenters. The van der Waals surface area contributed by atoms with Gasteiger partial charge in [-0.05, 0) is 37.1 Å². The third-order valence-corrected chi connectivity index (χ3v) is 6.58. The van der Waals surface area contributed by atoms with Crippen LogP contribution in [0.4, 0.5) is 11.4 Å². The van der Waals surface area contributed by atoms with Crippen LogP contribution >= 0.6 is 0 Å². The number of hydrogen-bond acceptors (Lipinski definition) is 4. The molecule has 8 nitrogen and oxygen atoms in total. The number of aliphatic carboxylic acids is 2. The smallest absolute Gasteiger partial charge is 0.332 e. The normalized spacial score (nSPS) is 26.8. The first-order chi connectivity index (χ1) is 15.3. The number of allylic oxidation sites excluding steroid dienone is 4. The Morgan fingerprint density at radius 2 is 0.906 bits per heavy atom. The van der Waals surface area contributed by atoms with Crippen molar-refractivity contribution in [1.82, 2.24) is 0 Å². The van der Waals surface area contributed by atoms with Crippen LogP contribution in [0.25, 0.3) is 0 Å². The van der Waals surface area contributed by atoms with E-state index in [4.69, 9.17) is 0 Å². The van der Waals surface area contributed by atoms with Crippen LogP contribution in [0.15, 0.2) is 70.9 Å². The number of hydrogen-bond donors (Lipinski definition) is 4. The summed E-state index contributed by atoms with van der Waals surface area (Å²) in [5, 5.41) is 24.4. The average molecular weight is 432 g/mol. The molecule has 1 aromatic carbocycles. The lowest BCUT2D eigenvalue weighted by Crippen LogP contribution is -2.22. The summed E-state index contributed by atoms with van der Waals surface area (Å²) in [7, 11) is 0. The average Bonchev–Trinajstić information content (AvgIpc) is 3.54. The van der Waals surface area contributed by atoms with E-state index in [2.05, 4.69) is 10.6 Å². The first-order valence-electron chi connectivity index (χ1n) is 10.4. The van der Waals surface area contributed by atoms with Crippen LogP contribution in [0.2, 0.25) is 0 Å². The van der Waals surface area contributed by atoms with E-state index in [1.165, 1.54) is 0 Å². The van der Waals surface area contributed by atoms with Crippen LogP contribution in [-0.4, -0.2) is 34.0 Å². The van der Waals surface area contributed by atoms with Gasteiger partial charge in [0.1, 0.15) is 0 Å². The van der Waals surface area contributed by atoms with E-state index in [1.54, 1.807) is 24.3 Å². The minimum absolute atomic E-state index is 0.154. The Kier molecular flexibility index (Phi) is 4.58. The summed E-state index contributed by atoms with van der Waals surface area (Å²) in [5.41, 5.74) is 1.82. The van der Waals surface area contributed by atoms with E-state index in [9.17, 15) is 29.4 Å². The number of carbonyl (C=O) groups is 4. The molecular formula is C24H20N2O6. The molecule has 0 fully saturated rings. The van der Waals surface area contributed by atoms with Gasteiger partial charge in [0.15, 0.2) is 0 Å². The summed E-state index contributed by atoms with van der Waals surface area (Å²) in [6.45, 7) is 0. The van der Waals surface area contributed by atoms with E-state index in [1.807, 2.05) is 24.3 Å². The lowest BCUT2D eigenvalue weighted by atomic mass is 9.96. The molecule has 0 saturated heterocycles. The fourth-order valence-electron chi connectivity index (χ4n) is 5.22. The second-order valence-corrected chi connectivity index (χ2v) is 8.42. The highest BCUT2D eigenvalue weighted by Crippen LogP contribution is 2.45. The zero-order chi connectivity index (χ0) is 22.6. The molecule has 0 radical (unpaired) electrons. The molecule has 4 aliphatic rings. The fourth-order valence-corrected chi connectivity index (χ4v) is 5.22. The molecule has 1 aromatic rings. The van der Waals surface area contributed by atoms with E-state index >= 15 is 0 Å². The maximum atomic E-state index is 12.7. The van der Waals surface area contributed by atoms with Crippen molar-refractivity contribution >= 4 is 35.1 Å². The molecule has 0 heterocycles. The third kappa shape index (κ3) is 3.15. The fraction of sp³-hybridized carbons (Fsp3) is 0.250. The van der Waals surface area contributed by atoms with Crippen LogP contribution in [-0.2, 0) is 19.2 Å². The quantitative estimate of drug-likeness (QED) is 0.511. The molecule has 0 spiro atoms. The van der Waals surface area contributed by atoms with Gasteiger partial charge in [0.05, 0.1) is 11.1 Å². The van der Waals surface area contributed by atoms with Crippen molar-refractivity contribution in [3.63, 3.8) is 0 Å². The molecule has 162 valence electrons. The van der Waals surface area contributed by atoms with Gasteiger partial charge in [-0.2, -0.15) is 0 Å². The standard InChI is InChI=1S/C24H20N2O6/c27-21(17-11-1-3-13(9-11)19(17)23(29)30)25-15-5-7-16(8-6-15)26-22(28)18-12-2-4-14(10-12)20(18)24(31)32/h1-8,11-14H,9-10H2,(H,25,27)(H,26,28)(H,29,30)(H,31,32)/t11-,12-,13-,14+/m0/s1. The van der Waals surface area contributed by atoms with Gasteiger partial charge in [-0.3, -0.25) is 9.59 Å². The Labute approximate surface area is 183 Å². The molecule has 5 rings (SSSR count). The monoisotopic (exact) mass is 432 g/mol. The van der Waals surface area contributed by atoms with E-state index < -0.39 is 23.8 Å². The SMILES string of the molecule is O=C(O)C1=C(C(=O)Nc2ccc(NC(=O)C3=C(C(=O)O)[C@H]4C=C[C@H]3C4)cc2)[C@H]2C=C[C@@H]1C2. The van der Waals surface area contributed by atoms with Gasteiger partial charge in [-0.1, -0.05) is 24.3 Å². The Morgan fingerprint density at radius 3 is 1.22 bits per heavy atom. The molecule has 2 amide bonds. The number of nitrogens with one attached hydrogen (secondary N) is 2. The van der Waals surface area contributed by atoms with Crippen LogP contribution in [0.1, 0.15) is 12.8 Å². The number of benzene rings is 1. The number of rotatable bonds is 6. The Morgan fingerprint density at radius 1 is 0.594 bits per heavy atom. The number of anilines is 2. The zero-order valence-corrected chi connectivity index (χ0v) is 16.9. The summed E-state index contributed by atoms with van der Waals surface area (Å²) in [5.74, 6) is -3.84. The summed E-state index contributed by atoms with van der Waals surface area (Å²) in [6, 6.07) is 6.41. The predicted molar refractivity (Wildman–Crippen MR) is 114 cm³/mol. The van der Waals surface area contributed by atoms with Gasteiger partial charge in [0.25, 0.3) is 11.8 Å². The first kappa shape index (κ1) is 20.0. The zero-order valence-electron chi connectivity index (χ0n) is 16.9. The molecule has 4 atom stereocenters. The largest absolute Gasteiger partial charge is 0.478 e. The second kappa shape index (κ2) is 7.33. The summed E-state index contributed by atoms with van der Waals surface area (Å²) < 4.78 is 0. The minimum Gasteiger partial charge on any atom is -0.478 e. The second-order valence-electron chi connectivity index (χ2n) is 8.42. The van der Waals surface area contributed by atoms with Gasteiger partial charge in [0, 0.05) is 46.2 Å². The van der Waals surface area contributed by atoms with Crippen LogP contribution in [0.3, 0.4) is 0 Å². The molecule has 32 heavy (non-hydrogen) atoms. The minimum atomic E-state index is -1.07. The highest BCUT2D eigenvalue weighted by molar-refractivity contribution is 6.12. The molecule has 4 aliphatic carbocycles. The molecule has 4 bridgehead atoms. The van der Waals surface area contributed by atoms with E-state index in [0.717, 1.165) is 0 Å². The molecule has 8 heteroatoms. The van der Waals surface area contributed by atoms with Crippen molar-refractivity contribution in [3.05, 3.63) is 70.9 Å². The van der Waals surface area contributed by atoms with Crippen molar-refractivity contribution in [2.45, 2.75) is 12.8 Å². The van der Waals surface area contributed by atoms with Gasteiger partial charge in [-0.15, -0.1) is 0 Å². The number of carboxylic acid groups (broad SMARTS) is 2. The molecular weight excluding hydrogens is 412 g/mol. The summed E-state index contributed by atoms with van der Waals surface area (Å²) in [6.07, 6.45) is 8.63. The predicted octanol–water partition coefficient (Wildman–Crippen LogP) is 2.74. The van der Waals surface area contributed by atoms with E-state index in [0.29, 0.717) is 35.4 Å². The number of fused-ring (bicyclic) bond motifs is 4. The molecule has 4 N–H and O–H groups in total. The topological polar surface area (TPSA) is 133 Å². The van der Waals surface area contributed by atoms with Crippen molar-refractivity contribution < 1.29 is 29.4 Å². The maximum absolute atomic E-state index is 12.7. The number of amides is 2. The highest BCUT2D eigenvalue weighted by Gasteiger charge is 2.42. The van der Waals surface area contributed by atoms with Crippen molar-refractivity contribution in [2.24, 2.45) is 23.7 Å². The lowest BCUT2D eigenvalue weighted by molar-refractivity contribution is -0.134. The Hall–Kier alpha value is -3.94. The van der Waals surface area contributed by atoms with E-state index in [-0.39, 0.29) is 34.8 Å². The van der Waals surface area contributed by atoms with Crippen LogP contribution in [0.5, 0.6) is 0 Å². The van der Waals surface area contributed by atoms with Gasteiger partial charge >= 0.3 is 11.9 Å². The third-order valence-electron chi connectivity index (χ3n) is 6.58. The van der Waals surface area contributed by atoms with Crippen molar-refractivity contribution in [1.29, 1.82) is 0 Å². The molecule has 0 aliphatic heterocycles. The first-order valence-corrected chi connectivity index (χ1v) is 10.4. The molecule has 0 saturated carbocycles. The van der Waals surface area contributed by atoms with Crippen LogP contribution < -0.4 is 10.6 Å². The highest BCUT2D eigenvalue weighted by atomic mass is 16.4. The van der Waals surface area contributed by atoms with Gasteiger partial charge in [0.2, 0.25) is 0 Å². The van der Waals surface area contributed by atoms with Gasteiger partial charge in [-0.25, -0.2) is 9.59 Å². The summed E-state index contributed by atoms with van der Waals surface area (Å²) >= 11 is 0. The Balaban J connectivity index is 1.28. The van der Waals surface area contributed by atoms with Crippen molar-refractivity contribution in [2.75, 3.05) is 10.6 Å². The summed E-state index contributed by atoms with van der Waals surface area (Å²) in [4.78, 5) is 48.6. The molecule has 0 aromatic heterocycles. The van der Waals surface area contributed by atoms with Crippen molar-refractivity contribution in [3.8, 4) is 0 Å². The Bertz CT molecular complexity index is 1090. The maximum Gasteiger partial charge on any atom is 0.332 e. The van der Waals surface area contributed by atoms with Gasteiger partial charge < -0.3 is 20.8 Å². The number of carbonyl (C=O) groups excluding carboxylic acids is 2.